The molecule has 0 spiro atoms. The predicted octanol–water partition coefficient (Wildman–Crippen LogP) is 2.33. The number of amides is 5. The molecule has 0 aliphatic carbocycles. The summed E-state index contributed by atoms with van der Waals surface area (Å²) in [5.41, 5.74) is -0.739. The van der Waals surface area contributed by atoms with Crippen LogP contribution in [0.15, 0.2) is 36.4 Å². The maximum absolute atomic E-state index is 14.6. The molecule has 3 heterocycles. The van der Waals surface area contributed by atoms with Gasteiger partial charge in [0, 0.05) is 26.6 Å². The number of likely N-dealkylation sites (N-methyl/N-ethyl adjacent to an activating group) is 1. The number of cyclic esters (lactones) is 1. The Morgan fingerprint density at radius 2 is 1.67 bits per heavy atom. The number of allylic oxidation sites excluding steroid dienone is 1. The van der Waals surface area contributed by atoms with Crippen LogP contribution in [-0.2, 0) is 39.9 Å². The molecule has 7 atom stereocenters. The molecular formula is C40H59FN6O8. The number of benzene rings is 1. The van der Waals surface area contributed by atoms with E-state index in [9.17, 15) is 38.3 Å². The van der Waals surface area contributed by atoms with Crippen molar-refractivity contribution in [1.29, 1.82) is 0 Å². The Labute approximate surface area is 323 Å². The van der Waals surface area contributed by atoms with Gasteiger partial charge in [0.05, 0.1) is 11.6 Å². The maximum Gasteiger partial charge on any atom is 0.329 e. The van der Waals surface area contributed by atoms with Gasteiger partial charge in [-0.25, -0.2) is 9.18 Å². The molecule has 7 unspecified atom stereocenters. The monoisotopic (exact) mass is 770 g/mol. The number of fused-ring (bicyclic) bond motifs is 2. The highest BCUT2D eigenvalue weighted by molar-refractivity contribution is 5.97. The van der Waals surface area contributed by atoms with Gasteiger partial charge in [0.25, 0.3) is 0 Å². The van der Waals surface area contributed by atoms with E-state index in [0.717, 1.165) is 12.8 Å². The van der Waals surface area contributed by atoms with Crippen molar-refractivity contribution < 1.29 is 43.0 Å². The minimum Gasteiger partial charge on any atom is -0.458 e. The van der Waals surface area contributed by atoms with E-state index in [0.29, 0.717) is 50.5 Å². The number of halogens is 1. The van der Waals surface area contributed by atoms with Crippen LogP contribution in [0.5, 0.6) is 0 Å². The van der Waals surface area contributed by atoms with E-state index >= 15 is 0 Å². The number of carbonyl (C=O) groups excluding carboxylic acids is 6. The summed E-state index contributed by atoms with van der Waals surface area (Å²) < 4.78 is 20.1. The molecule has 1 aromatic rings. The minimum atomic E-state index is -1.51. The number of aliphatic hydroxyl groups is 1. The number of hydrogen-bond donors (Lipinski definition) is 4. The zero-order valence-corrected chi connectivity index (χ0v) is 33.0. The van der Waals surface area contributed by atoms with Crippen LogP contribution in [-0.4, -0.2) is 124 Å². The molecule has 3 fully saturated rings. The third-order valence-electron chi connectivity index (χ3n) is 11.4. The first-order valence-electron chi connectivity index (χ1n) is 19.7. The van der Waals surface area contributed by atoms with Crippen LogP contribution >= 0.6 is 0 Å². The molecule has 55 heavy (non-hydrogen) atoms. The topological polar surface area (TPSA) is 178 Å². The maximum atomic E-state index is 14.6. The van der Waals surface area contributed by atoms with Crippen molar-refractivity contribution in [1.82, 2.24) is 30.7 Å². The first kappa shape index (κ1) is 43.4. The lowest BCUT2D eigenvalue weighted by Crippen LogP contribution is -2.67. The summed E-state index contributed by atoms with van der Waals surface area (Å²) in [5, 5.41) is 20.0. The van der Waals surface area contributed by atoms with Crippen molar-refractivity contribution in [2.75, 3.05) is 20.1 Å². The second kappa shape index (κ2) is 19.5. The second-order valence-electron chi connectivity index (χ2n) is 14.9. The lowest BCUT2D eigenvalue weighted by molar-refractivity contribution is -0.164. The van der Waals surface area contributed by atoms with Gasteiger partial charge < -0.3 is 35.2 Å². The van der Waals surface area contributed by atoms with Crippen LogP contribution in [0.4, 0.5) is 4.39 Å². The molecule has 0 aromatic heterocycles. The molecule has 4 rings (SSSR count). The number of unbranched alkanes of at least 4 members (excludes halogenated alkanes) is 2. The highest BCUT2D eigenvalue weighted by Gasteiger charge is 2.49. The zero-order chi connectivity index (χ0) is 40.4. The van der Waals surface area contributed by atoms with Gasteiger partial charge in [0.1, 0.15) is 42.3 Å². The van der Waals surface area contributed by atoms with Gasteiger partial charge in [0.15, 0.2) is 0 Å². The fourth-order valence-corrected chi connectivity index (χ4v) is 8.00. The summed E-state index contributed by atoms with van der Waals surface area (Å²) in [4.78, 5) is 88.0. The molecular weight excluding hydrogens is 711 g/mol. The Morgan fingerprint density at radius 3 is 2.31 bits per heavy atom. The quantitative estimate of drug-likeness (QED) is 0.150. The number of hydrogen-bond acceptors (Lipinski definition) is 9. The molecule has 15 heteroatoms. The van der Waals surface area contributed by atoms with Crippen LogP contribution in [0, 0.1) is 5.82 Å². The summed E-state index contributed by atoms with van der Waals surface area (Å²) in [5.74, 6) is -4.18. The second-order valence-corrected chi connectivity index (χ2v) is 14.9. The third kappa shape index (κ3) is 10.1. The van der Waals surface area contributed by atoms with E-state index in [2.05, 4.69) is 16.0 Å². The Bertz CT molecular complexity index is 1590. The molecule has 3 aliphatic heterocycles. The fourth-order valence-electron chi connectivity index (χ4n) is 8.00. The summed E-state index contributed by atoms with van der Waals surface area (Å²) >= 11 is 0. The number of esters is 1. The summed E-state index contributed by atoms with van der Waals surface area (Å²) in [6.07, 6.45) is 5.01. The zero-order valence-electron chi connectivity index (χ0n) is 33.0. The van der Waals surface area contributed by atoms with Gasteiger partial charge in [-0.05, 0) is 82.6 Å². The van der Waals surface area contributed by atoms with Crippen molar-refractivity contribution in [2.45, 2.75) is 147 Å². The molecule has 14 nitrogen and oxygen atoms in total. The van der Waals surface area contributed by atoms with Crippen molar-refractivity contribution >= 4 is 35.5 Å². The first-order chi connectivity index (χ1) is 26.2. The Kier molecular flexibility index (Phi) is 15.4. The molecule has 4 N–H and O–H groups in total. The van der Waals surface area contributed by atoms with Crippen LogP contribution in [0.25, 0.3) is 0 Å². The molecule has 0 saturated carbocycles. The Balaban J connectivity index is 1.74. The molecule has 3 saturated heterocycles. The smallest absolute Gasteiger partial charge is 0.329 e. The van der Waals surface area contributed by atoms with Crippen LogP contribution in [0.1, 0.15) is 98.0 Å². The SMILES string of the molecule is CCCCC=CC(=O)NC(Cc1cccc(F)c1)C(=O)NC1C(=O)N2CCCC2C(=O)N(C)C(CC)(CC)C(O)NC(C)C(=O)N2CCCC2C(=O)OC1C. The number of carbonyl (C=O) groups is 6. The summed E-state index contributed by atoms with van der Waals surface area (Å²) in [6, 6.07) is -0.0212. The highest BCUT2D eigenvalue weighted by atomic mass is 19.1. The van der Waals surface area contributed by atoms with Crippen LogP contribution in [0.3, 0.4) is 0 Å². The van der Waals surface area contributed by atoms with Gasteiger partial charge in [-0.3, -0.25) is 29.3 Å². The lowest BCUT2D eigenvalue weighted by atomic mass is 9.87. The number of rotatable bonds is 11. The van der Waals surface area contributed by atoms with Crippen LogP contribution in [0.2, 0.25) is 0 Å². The van der Waals surface area contributed by atoms with Gasteiger partial charge in [-0.2, -0.15) is 0 Å². The number of ether oxygens (including phenoxy) is 1. The molecule has 5 amide bonds. The summed E-state index contributed by atoms with van der Waals surface area (Å²) in [7, 11) is 1.58. The van der Waals surface area contributed by atoms with E-state index in [-0.39, 0.29) is 19.5 Å². The van der Waals surface area contributed by atoms with Crippen molar-refractivity contribution in [3.05, 3.63) is 47.8 Å². The first-order valence-corrected chi connectivity index (χ1v) is 19.7. The molecule has 3 aliphatic rings. The lowest BCUT2D eigenvalue weighted by Gasteiger charge is -2.47. The number of aliphatic hydroxyl groups excluding tert-OH is 1. The van der Waals surface area contributed by atoms with Gasteiger partial charge in [0.2, 0.25) is 29.5 Å². The standard InChI is InChI=1S/C40H59FN6O8/c1-7-10-11-12-20-32(48)43-29(24-27-16-13-17-28(41)23-27)34(49)44-33-26(5)55-38(53)31-19-15-22-47(31)35(50)25(4)42-39(54)40(8-2,9-3)45(6)36(51)30-18-14-21-46(30)37(33)52/h12-13,16-17,20,23,25-26,29-31,33,39,42,54H,7-11,14-15,18-19,21-22,24H2,1-6H3,(H,43,48)(H,44,49). The van der Waals surface area contributed by atoms with E-state index in [1.54, 1.807) is 26.1 Å². The minimum absolute atomic E-state index is 0.118. The fraction of sp³-hybridized carbons (Fsp3) is 0.650. The van der Waals surface area contributed by atoms with Crippen LogP contribution < -0.4 is 16.0 Å². The van der Waals surface area contributed by atoms with Crippen molar-refractivity contribution in [3.8, 4) is 0 Å². The van der Waals surface area contributed by atoms with E-state index in [1.165, 1.54) is 45.9 Å². The summed E-state index contributed by atoms with van der Waals surface area (Å²) in [6.45, 7) is 9.19. The van der Waals surface area contributed by atoms with Crippen molar-refractivity contribution in [3.63, 3.8) is 0 Å². The van der Waals surface area contributed by atoms with E-state index in [1.807, 2.05) is 20.8 Å². The highest BCUT2D eigenvalue weighted by Crippen LogP contribution is 2.31. The normalized spacial score (nSPS) is 27.2. The molecule has 304 valence electrons. The predicted molar refractivity (Wildman–Crippen MR) is 202 cm³/mol. The van der Waals surface area contributed by atoms with E-state index < -0.39 is 89.4 Å². The Hall–Kier alpha value is -4.37. The molecule has 0 bridgehead atoms. The number of nitrogens with one attached hydrogen (secondary N) is 3. The Morgan fingerprint density at radius 1 is 1.02 bits per heavy atom. The van der Waals surface area contributed by atoms with Gasteiger partial charge >= 0.3 is 5.97 Å². The average Bonchev–Trinajstić information content (AvgIpc) is 3.86. The average molecular weight is 771 g/mol. The van der Waals surface area contributed by atoms with E-state index in [4.69, 9.17) is 4.74 Å². The largest absolute Gasteiger partial charge is 0.458 e. The molecule has 1 aromatic carbocycles. The van der Waals surface area contributed by atoms with Gasteiger partial charge in [-0.1, -0.05) is 51.8 Å². The van der Waals surface area contributed by atoms with Gasteiger partial charge in [-0.15, -0.1) is 0 Å². The number of nitrogens with zero attached hydrogens (tertiary/aromatic N) is 3. The van der Waals surface area contributed by atoms with Crippen molar-refractivity contribution in [2.24, 2.45) is 0 Å². The third-order valence-corrected chi connectivity index (χ3v) is 11.4. The molecule has 0 radical (unpaired) electrons.